The van der Waals surface area contributed by atoms with E-state index in [-0.39, 0.29) is 5.56 Å². The summed E-state index contributed by atoms with van der Waals surface area (Å²) in [6.45, 7) is 6.52. The second-order valence-corrected chi connectivity index (χ2v) is 6.83. The summed E-state index contributed by atoms with van der Waals surface area (Å²) in [6.07, 6.45) is 4.58. The highest BCUT2D eigenvalue weighted by Gasteiger charge is 2.23. The third-order valence-corrected chi connectivity index (χ3v) is 5.13. The second-order valence-electron chi connectivity index (χ2n) is 6.83. The Hall–Kier alpha value is -1.87. The minimum absolute atomic E-state index is 0.107. The molecule has 2 aromatic rings. The van der Waals surface area contributed by atoms with E-state index in [4.69, 9.17) is 5.73 Å². The summed E-state index contributed by atoms with van der Waals surface area (Å²) in [6, 6.07) is 8.92. The highest BCUT2D eigenvalue weighted by atomic mass is 16.1. The number of aryl methyl sites for hydroxylation is 3. The van der Waals surface area contributed by atoms with Crippen molar-refractivity contribution in [3.8, 4) is 11.3 Å². The summed E-state index contributed by atoms with van der Waals surface area (Å²) < 4.78 is 2.03. The number of pyridine rings is 1. The predicted molar refractivity (Wildman–Crippen MR) is 95.7 cm³/mol. The van der Waals surface area contributed by atoms with Crippen LogP contribution in [0.25, 0.3) is 11.3 Å². The van der Waals surface area contributed by atoms with Crippen molar-refractivity contribution in [1.29, 1.82) is 0 Å². The van der Waals surface area contributed by atoms with Crippen molar-refractivity contribution >= 4 is 0 Å². The van der Waals surface area contributed by atoms with Gasteiger partial charge in [0, 0.05) is 23.7 Å². The first-order valence-corrected chi connectivity index (χ1v) is 8.55. The summed E-state index contributed by atoms with van der Waals surface area (Å²) in [5.41, 5.74) is 12.4. The van der Waals surface area contributed by atoms with Gasteiger partial charge in [-0.15, -0.1) is 0 Å². The van der Waals surface area contributed by atoms with E-state index in [1.807, 2.05) is 11.5 Å². The summed E-state index contributed by atoms with van der Waals surface area (Å²) in [5, 5.41) is 0. The van der Waals surface area contributed by atoms with Crippen molar-refractivity contribution < 1.29 is 0 Å². The van der Waals surface area contributed by atoms with Gasteiger partial charge >= 0.3 is 0 Å². The highest BCUT2D eigenvalue weighted by molar-refractivity contribution is 5.66. The number of rotatable bonds is 3. The lowest BCUT2D eigenvalue weighted by atomic mass is 9.98. The van der Waals surface area contributed by atoms with Crippen LogP contribution in [-0.2, 0) is 6.54 Å². The van der Waals surface area contributed by atoms with Gasteiger partial charge in [0.25, 0.3) is 5.56 Å². The molecule has 1 aromatic carbocycles. The van der Waals surface area contributed by atoms with Gasteiger partial charge in [-0.2, -0.15) is 0 Å². The third kappa shape index (κ3) is 2.86. The van der Waals surface area contributed by atoms with E-state index in [0.29, 0.717) is 12.6 Å². The van der Waals surface area contributed by atoms with E-state index >= 15 is 0 Å². The predicted octanol–water partition coefficient (Wildman–Crippen LogP) is 4.01. The van der Waals surface area contributed by atoms with E-state index in [1.54, 1.807) is 0 Å². The minimum Gasteiger partial charge on any atom is -0.326 e. The molecule has 1 aromatic heterocycles. The highest BCUT2D eigenvalue weighted by Crippen LogP contribution is 2.34. The van der Waals surface area contributed by atoms with Gasteiger partial charge in [0.1, 0.15) is 0 Å². The van der Waals surface area contributed by atoms with Crippen LogP contribution >= 0.6 is 0 Å². The van der Waals surface area contributed by atoms with E-state index in [2.05, 4.69) is 38.1 Å². The number of hydrogen-bond acceptors (Lipinski definition) is 2. The Kier molecular flexibility index (Phi) is 4.40. The van der Waals surface area contributed by atoms with Gasteiger partial charge < -0.3 is 10.3 Å². The molecule has 0 atom stereocenters. The fourth-order valence-electron chi connectivity index (χ4n) is 3.78. The molecule has 0 aliphatic heterocycles. The van der Waals surface area contributed by atoms with Gasteiger partial charge in [0.05, 0.1) is 5.69 Å². The number of benzene rings is 1. The molecule has 1 aliphatic rings. The maximum atomic E-state index is 13.1. The maximum absolute atomic E-state index is 13.1. The van der Waals surface area contributed by atoms with Crippen LogP contribution in [0.2, 0.25) is 0 Å². The molecule has 3 rings (SSSR count). The molecule has 0 spiro atoms. The van der Waals surface area contributed by atoms with Crippen LogP contribution in [0.1, 0.15) is 54.0 Å². The topological polar surface area (TPSA) is 48.0 Å². The summed E-state index contributed by atoms with van der Waals surface area (Å²) in [4.78, 5) is 13.1. The SMILES string of the molecule is Cc1ccc(C)c(-c2cc(C)c(CN)c(=O)n2C2CCCC2)c1. The van der Waals surface area contributed by atoms with E-state index in [9.17, 15) is 4.79 Å². The van der Waals surface area contributed by atoms with Crippen molar-refractivity contribution in [3.63, 3.8) is 0 Å². The summed E-state index contributed by atoms with van der Waals surface area (Å²) in [5.74, 6) is 0. The van der Waals surface area contributed by atoms with Crippen LogP contribution in [0.3, 0.4) is 0 Å². The first-order chi connectivity index (χ1) is 11.0. The Balaban J connectivity index is 2.30. The third-order valence-electron chi connectivity index (χ3n) is 5.13. The van der Waals surface area contributed by atoms with E-state index < -0.39 is 0 Å². The van der Waals surface area contributed by atoms with Crippen LogP contribution in [0.15, 0.2) is 29.1 Å². The molecule has 0 radical (unpaired) electrons. The van der Waals surface area contributed by atoms with Crippen molar-refractivity contribution in [1.82, 2.24) is 4.57 Å². The maximum Gasteiger partial charge on any atom is 0.256 e. The fraction of sp³-hybridized carbons (Fsp3) is 0.450. The lowest BCUT2D eigenvalue weighted by Crippen LogP contribution is -2.30. The fourth-order valence-corrected chi connectivity index (χ4v) is 3.78. The molecule has 122 valence electrons. The van der Waals surface area contributed by atoms with Crippen molar-refractivity contribution in [3.05, 3.63) is 56.9 Å². The van der Waals surface area contributed by atoms with Gasteiger partial charge in [-0.25, -0.2) is 0 Å². The van der Waals surface area contributed by atoms with Gasteiger partial charge in [-0.3, -0.25) is 4.79 Å². The Morgan fingerprint density at radius 3 is 2.43 bits per heavy atom. The molecule has 23 heavy (non-hydrogen) atoms. The van der Waals surface area contributed by atoms with Gasteiger partial charge in [0.15, 0.2) is 0 Å². The van der Waals surface area contributed by atoms with Crippen molar-refractivity contribution in [2.24, 2.45) is 5.73 Å². The van der Waals surface area contributed by atoms with Gasteiger partial charge in [-0.1, -0.05) is 30.5 Å². The molecular formula is C20H26N2O. The number of nitrogens with two attached hydrogens (primary N) is 1. The summed E-state index contributed by atoms with van der Waals surface area (Å²) in [7, 11) is 0. The normalized spacial score (nSPS) is 15.3. The van der Waals surface area contributed by atoms with Gasteiger partial charge in [-0.05, 0) is 56.9 Å². The van der Waals surface area contributed by atoms with Crippen LogP contribution < -0.4 is 11.3 Å². The Morgan fingerprint density at radius 2 is 1.78 bits per heavy atom. The molecule has 1 saturated carbocycles. The zero-order valence-electron chi connectivity index (χ0n) is 14.4. The molecule has 3 heteroatoms. The van der Waals surface area contributed by atoms with Crippen LogP contribution in [0.4, 0.5) is 0 Å². The first-order valence-electron chi connectivity index (χ1n) is 8.55. The summed E-state index contributed by atoms with van der Waals surface area (Å²) >= 11 is 0. The number of nitrogens with zero attached hydrogens (tertiary/aromatic N) is 1. The molecular weight excluding hydrogens is 284 g/mol. The largest absolute Gasteiger partial charge is 0.326 e. The van der Waals surface area contributed by atoms with E-state index in [1.165, 1.54) is 29.5 Å². The molecule has 2 N–H and O–H groups in total. The number of hydrogen-bond donors (Lipinski definition) is 1. The molecule has 1 aliphatic carbocycles. The monoisotopic (exact) mass is 310 g/mol. The standard InChI is InChI=1S/C20H26N2O/c1-13-8-9-14(2)17(10-13)19-11-15(3)18(12-21)20(23)22(19)16-6-4-5-7-16/h8-11,16H,4-7,12,21H2,1-3H3. The van der Waals surface area contributed by atoms with Crippen LogP contribution in [0, 0.1) is 20.8 Å². The zero-order chi connectivity index (χ0) is 16.6. The molecule has 0 bridgehead atoms. The van der Waals surface area contributed by atoms with Crippen molar-refractivity contribution in [2.45, 2.75) is 59.0 Å². The smallest absolute Gasteiger partial charge is 0.256 e. The molecule has 0 amide bonds. The quantitative estimate of drug-likeness (QED) is 0.931. The van der Waals surface area contributed by atoms with Crippen LogP contribution in [-0.4, -0.2) is 4.57 Å². The molecule has 1 fully saturated rings. The first kappa shape index (κ1) is 16.0. The Labute approximate surface area is 138 Å². The Bertz CT molecular complexity index is 783. The number of aromatic nitrogens is 1. The molecule has 3 nitrogen and oxygen atoms in total. The lowest BCUT2D eigenvalue weighted by molar-refractivity contribution is 0.504. The van der Waals surface area contributed by atoms with Gasteiger partial charge in [0.2, 0.25) is 0 Å². The molecule has 0 unspecified atom stereocenters. The average molecular weight is 310 g/mol. The second kappa shape index (κ2) is 6.32. The van der Waals surface area contributed by atoms with E-state index in [0.717, 1.165) is 29.7 Å². The molecule has 1 heterocycles. The average Bonchev–Trinajstić information content (AvgIpc) is 3.03. The van der Waals surface area contributed by atoms with Crippen molar-refractivity contribution in [2.75, 3.05) is 0 Å². The lowest BCUT2D eigenvalue weighted by Gasteiger charge is -2.23. The van der Waals surface area contributed by atoms with Crippen LogP contribution in [0.5, 0.6) is 0 Å². The zero-order valence-corrected chi connectivity index (χ0v) is 14.4. The minimum atomic E-state index is 0.107. The Morgan fingerprint density at radius 1 is 1.09 bits per heavy atom. The molecule has 0 saturated heterocycles.